The fourth-order valence-corrected chi connectivity index (χ4v) is 2.07. The summed E-state index contributed by atoms with van der Waals surface area (Å²) in [5.41, 5.74) is 10.6. The van der Waals surface area contributed by atoms with Crippen LogP contribution in [0.1, 0.15) is 23.7 Å². The molecule has 16 heavy (non-hydrogen) atoms. The molecule has 0 aliphatic carbocycles. The fourth-order valence-electron chi connectivity index (χ4n) is 2.07. The van der Waals surface area contributed by atoms with Crippen LogP contribution >= 0.6 is 0 Å². The molecule has 0 saturated heterocycles. The molecule has 0 spiro atoms. The van der Waals surface area contributed by atoms with Crippen molar-refractivity contribution in [2.45, 2.75) is 33.2 Å². The molecule has 1 heterocycles. The number of hydrogen-bond donors (Lipinski definition) is 1. The summed E-state index contributed by atoms with van der Waals surface area (Å²) in [6, 6.07) is 8.71. The molecule has 2 heteroatoms. The lowest BCUT2D eigenvalue weighted by Gasteiger charge is -2.10. The number of benzene rings is 1. The van der Waals surface area contributed by atoms with Crippen LogP contribution < -0.4 is 5.73 Å². The first-order valence-electron chi connectivity index (χ1n) is 5.69. The van der Waals surface area contributed by atoms with Gasteiger partial charge in [0.05, 0.1) is 5.52 Å². The molecule has 0 fully saturated rings. The lowest BCUT2D eigenvalue weighted by atomic mass is 10.0. The number of hydrogen-bond acceptors (Lipinski definition) is 2. The van der Waals surface area contributed by atoms with Gasteiger partial charge in [0.1, 0.15) is 0 Å². The van der Waals surface area contributed by atoms with Crippen molar-refractivity contribution in [3.05, 3.63) is 41.1 Å². The highest BCUT2D eigenvalue weighted by Crippen LogP contribution is 2.20. The van der Waals surface area contributed by atoms with E-state index in [1.54, 1.807) is 0 Å². The van der Waals surface area contributed by atoms with Crippen molar-refractivity contribution in [1.29, 1.82) is 0 Å². The lowest BCUT2D eigenvalue weighted by molar-refractivity contribution is 0.740. The van der Waals surface area contributed by atoms with Gasteiger partial charge in [0.15, 0.2) is 0 Å². The van der Waals surface area contributed by atoms with Crippen LogP contribution in [0, 0.1) is 13.8 Å². The van der Waals surface area contributed by atoms with Gasteiger partial charge in [-0.05, 0) is 51.0 Å². The molecule has 1 unspecified atom stereocenters. The first-order chi connectivity index (χ1) is 7.56. The van der Waals surface area contributed by atoms with E-state index in [1.807, 2.05) is 13.8 Å². The van der Waals surface area contributed by atoms with E-state index in [0.717, 1.165) is 17.6 Å². The van der Waals surface area contributed by atoms with Crippen molar-refractivity contribution >= 4 is 10.9 Å². The number of fused-ring (bicyclic) bond motifs is 1. The fraction of sp³-hybridized carbons (Fsp3) is 0.357. The normalized spacial score (nSPS) is 13.0. The molecule has 2 aromatic rings. The van der Waals surface area contributed by atoms with Gasteiger partial charge >= 0.3 is 0 Å². The summed E-state index contributed by atoms with van der Waals surface area (Å²) in [5, 5.41) is 1.24. The molecule has 0 amide bonds. The first kappa shape index (κ1) is 11.1. The van der Waals surface area contributed by atoms with Crippen molar-refractivity contribution in [3.63, 3.8) is 0 Å². The van der Waals surface area contributed by atoms with Crippen LogP contribution in [0.5, 0.6) is 0 Å². The van der Waals surface area contributed by atoms with E-state index < -0.39 is 0 Å². The minimum atomic E-state index is 0.186. The van der Waals surface area contributed by atoms with Crippen LogP contribution in [0.2, 0.25) is 0 Å². The maximum absolute atomic E-state index is 5.88. The van der Waals surface area contributed by atoms with E-state index in [4.69, 9.17) is 5.73 Å². The Kier molecular flexibility index (Phi) is 2.92. The molecule has 1 atom stereocenters. The highest BCUT2D eigenvalue weighted by Gasteiger charge is 2.06. The molecule has 84 valence electrons. The topological polar surface area (TPSA) is 38.9 Å². The Morgan fingerprint density at radius 2 is 2.00 bits per heavy atom. The third kappa shape index (κ3) is 2.22. The smallest absolute Gasteiger partial charge is 0.0708 e. The van der Waals surface area contributed by atoms with E-state index in [2.05, 4.69) is 36.2 Å². The molecule has 0 saturated carbocycles. The maximum Gasteiger partial charge on any atom is 0.0708 e. The highest BCUT2D eigenvalue weighted by molar-refractivity contribution is 5.83. The number of aromatic nitrogens is 1. The van der Waals surface area contributed by atoms with Gasteiger partial charge in [-0.3, -0.25) is 4.98 Å². The lowest BCUT2D eigenvalue weighted by Crippen LogP contribution is -2.18. The molecule has 2 nitrogen and oxygen atoms in total. The summed E-state index contributed by atoms with van der Waals surface area (Å²) in [5.74, 6) is 0. The molecule has 0 aliphatic rings. The third-order valence-corrected chi connectivity index (χ3v) is 2.72. The second kappa shape index (κ2) is 4.22. The van der Waals surface area contributed by atoms with Gasteiger partial charge < -0.3 is 5.73 Å². The second-order valence-corrected chi connectivity index (χ2v) is 4.62. The van der Waals surface area contributed by atoms with E-state index in [9.17, 15) is 0 Å². The first-order valence-corrected chi connectivity index (χ1v) is 5.69. The molecule has 0 aliphatic heterocycles. The number of pyridine rings is 1. The van der Waals surface area contributed by atoms with Crippen LogP contribution in [-0.4, -0.2) is 11.0 Å². The molecular formula is C14H18N2. The van der Waals surface area contributed by atoms with E-state index in [1.165, 1.54) is 16.5 Å². The predicted octanol–water partition coefficient (Wildman–Crippen LogP) is 2.74. The summed E-state index contributed by atoms with van der Waals surface area (Å²) in [6.07, 6.45) is 0.906. The van der Waals surface area contributed by atoms with E-state index >= 15 is 0 Å². The molecule has 2 N–H and O–H groups in total. The second-order valence-electron chi connectivity index (χ2n) is 4.62. The monoisotopic (exact) mass is 214 g/mol. The quantitative estimate of drug-likeness (QED) is 0.834. The summed E-state index contributed by atoms with van der Waals surface area (Å²) in [7, 11) is 0. The van der Waals surface area contributed by atoms with Crippen molar-refractivity contribution in [3.8, 4) is 0 Å². The zero-order valence-electron chi connectivity index (χ0n) is 10.1. The highest BCUT2D eigenvalue weighted by atomic mass is 14.7. The number of aryl methyl sites for hydroxylation is 2. The van der Waals surface area contributed by atoms with Gasteiger partial charge in [0.25, 0.3) is 0 Å². The molecular weight excluding hydrogens is 196 g/mol. The van der Waals surface area contributed by atoms with Crippen molar-refractivity contribution in [1.82, 2.24) is 4.98 Å². The molecule has 1 aromatic carbocycles. The van der Waals surface area contributed by atoms with Gasteiger partial charge in [0.2, 0.25) is 0 Å². The third-order valence-electron chi connectivity index (χ3n) is 2.72. The zero-order chi connectivity index (χ0) is 11.7. The summed E-state index contributed by atoms with van der Waals surface area (Å²) in [4.78, 5) is 4.54. The summed E-state index contributed by atoms with van der Waals surface area (Å²) < 4.78 is 0. The number of nitrogens with two attached hydrogens (primary N) is 1. The molecule has 0 radical (unpaired) electrons. The van der Waals surface area contributed by atoms with Gasteiger partial charge in [-0.25, -0.2) is 0 Å². The minimum Gasteiger partial charge on any atom is -0.328 e. The number of nitrogens with zero attached hydrogens (tertiary/aromatic N) is 1. The standard InChI is InChI=1S/C14H18N2/c1-9-4-5-14-13(6-9)12(7-10(2)15)8-11(3)16-14/h4-6,8,10H,7,15H2,1-3H3. The van der Waals surface area contributed by atoms with Gasteiger partial charge in [-0.2, -0.15) is 0 Å². The average molecular weight is 214 g/mol. The number of rotatable bonds is 2. The molecule has 2 rings (SSSR count). The Morgan fingerprint density at radius 1 is 1.25 bits per heavy atom. The largest absolute Gasteiger partial charge is 0.328 e. The minimum absolute atomic E-state index is 0.186. The van der Waals surface area contributed by atoms with Crippen LogP contribution in [0.4, 0.5) is 0 Å². The van der Waals surface area contributed by atoms with E-state index in [0.29, 0.717) is 0 Å². The van der Waals surface area contributed by atoms with Crippen LogP contribution in [-0.2, 0) is 6.42 Å². The van der Waals surface area contributed by atoms with Crippen LogP contribution in [0.3, 0.4) is 0 Å². The molecule has 1 aromatic heterocycles. The maximum atomic E-state index is 5.88. The average Bonchev–Trinajstić information content (AvgIpc) is 2.18. The van der Waals surface area contributed by atoms with Crippen molar-refractivity contribution in [2.24, 2.45) is 5.73 Å². The van der Waals surface area contributed by atoms with Crippen LogP contribution in [0.25, 0.3) is 10.9 Å². The summed E-state index contributed by atoms with van der Waals surface area (Å²) in [6.45, 7) is 6.18. The summed E-state index contributed by atoms with van der Waals surface area (Å²) >= 11 is 0. The Hall–Kier alpha value is -1.41. The van der Waals surface area contributed by atoms with Crippen LogP contribution in [0.15, 0.2) is 24.3 Å². The van der Waals surface area contributed by atoms with E-state index in [-0.39, 0.29) is 6.04 Å². The van der Waals surface area contributed by atoms with Gasteiger partial charge in [-0.1, -0.05) is 11.6 Å². The Morgan fingerprint density at radius 3 is 2.69 bits per heavy atom. The zero-order valence-corrected chi connectivity index (χ0v) is 10.1. The van der Waals surface area contributed by atoms with Crippen molar-refractivity contribution in [2.75, 3.05) is 0 Å². The molecule has 0 bridgehead atoms. The Labute approximate surface area is 96.5 Å². The Bertz CT molecular complexity index is 515. The SMILES string of the molecule is Cc1ccc2nc(C)cc(CC(C)N)c2c1. The van der Waals surface area contributed by atoms with Crippen molar-refractivity contribution < 1.29 is 0 Å². The Balaban J connectivity index is 2.64. The van der Waals surface area contributed by atoms with Gasteiger partial charge in [0, 0.05) is 17.1 Å². The van der Waals surface area contributed by atoms with Gasteiger partial charge in [-0.15, -0.1) is 0 Å². The predicted molar refractivity (Wildman–Crippen MR) is 68.6 cm³/mol.